The van der Waals surface area contributed by atoms with Crippen LogP contribution in [0.2, 0.25) is 0 Å². The van der Waals surface area contributed by atoms with Gasteiger partial charge in [0.15, 0.2) is 0 Å². The first-order valence-electron chi connectivity index (χ1n) is 6.04. The normalized spacial score (nSPS) is 22.7. The lowest BCUT2D eigenvalue weighted by atomic mass is 10.0. The van der Waals surface area contributed by atoms with E-state index in [0.29, 0.717) is 12.1 Å². The van der Waals surface area contributed by atoms with Crippen molar-refractivity contribution in [3.8, 4) is 0 Å². The minimum absolute atomic E-state index is 0.422. The largest absolute Gasteiger partial charge is 0.381 e. The van der Waals surface area contributed by atoms with Crippen LogP contribution >= 0.6 is 0 Å². The average molecular weight is 260 g/mol. The number of benzene rings is 1. The van der Waals surface area contributed by atoms with Crippen molar-refractivity contribution in [3.63, 3.8) is 0 Å². The minimum Gasteiger partial charge on any atom is -0.377 e. The molecule has 2 rings (SSSR count). The van der Waals surface area contributed by atoms with E-state index >= 15 is 0 Å². The third kappa shape index (κ3) is 2.99. The van der Waals surface area contributed by atoms with Crippen molar-refractivity contribution in [2.24, 2.45) is 10.3 Å². The molecule has 1 aromatic carbocycles. The maximum absolute atomic E-state index is 11.9. The van der Waals surface area contributed by atoms with E-state index in [2.05, 4.69) is 10.3 Å². The maximum atomic E-state index is 11.9. The van der Waals surface area contributed by atoms with Crippen LogP contribution in [-0.4, -0.2) is 23.0 Å². The number of carbonyl (C=O) groups is 1. The summed E-state index contributed by atoms with van der Waals surface area (Å²) in [5, 5.41) is 7.61. The van der Waals surface area contributed by atoms with Crippen molar-refractivity contribution in [3.05, 3.63) is 35.9 Å². The van der Waals surface area contributed by atoms with E-state index in [9.17, 15) is 4.79 Å². The monoisotopic (exact) mass is 260 g/mol. The van der Waals surface area contributed by atoms with Gasteiger partial charge in [0.1, 0.15) is 0 Å². The van der Waals surface area contributed by atoms with Crippen molar-refractivity contribution in [2.45, 2.75) is 32.8 Å². The summed E-state index contributed by atoms with van der Waals surface area (Å²) in [6.07, 6.45) is 0.422. The first-order valence-corrected chi connectivity index (χ1v) is 6.04. The minimum atomic E-state index is -1.06. The van der Waals surface area contributed by atoms with Crippen molar-refractivity contribution < 1.29 is 14.5 Å². The molecule has 0 amide bonds. The number of nitrogens with zero attached hydrogens (tertiary/aromatic N) is 2. The quantitative estimate of drug-likeness (QED) is 0.476. The molecule has 0 N–H and O–H groups in total. The van der Waals surface area contributed by atoms with Gasteiger partial charge in [-0.15, -0.1) is 0 Å². The van der Waals surface area contributed by atoms with E-state index < -0.39 is 11.6 Å². The molecule has 1 atom stereocenters. The van der Waals surface area contributed by atoms with Crippen LogP contribution in [0.3, 0.4) is 0 Å². The smallest absolute Gasteiger partial charge is 0.377 e. The van der Waals surface area contributed by atoms with Crippen LogP contribution in [0, 0.1) is 0 Å². The van der Waals surface area contributed by atoms with Gasteiger partial charge in [0, 0.05) is 6.42 Å². The lowest BCUT2D eigenvalue weighted by Gasteiger charge is -2.16. The van der Waals surface area contributed by atoms with Crippen LogP contribution in [-0.2, 0) is 14.5 Å². The Morgan fingerprint density at radius 3 is 2.68 bits per heavy atom. The highest BCUT2D eigenvalue weighted by Crippen LogP contribution is 2.24. The zero-order valence-electron chi connectivity index (χ0n) is 11.2. The van der Waals surface area contributed by atoms with Crippen LogP contribution < -0.4 is 0 Å². The molecule has 0 aliphatic carbocycles. The summed E-state index contributed by atoms with van der Waals surface area (Å²) in [7, 11) is 0. The summed E-state index contributed by atoms with van der Waals surface area (Å²) >= 11 is 0. The van der Waals surface area contributed by atoms with Gasteiger partial charge in [-0.1, -0.05) is 40.6 Å². The predicted molar refractivity (Wildman–Crippen MR) is 72.0 cm³/mol. The fourth-order valence-corrected chi connectivity index (χ4v) is 1.78. The summed E-state index contributed by atoms with van der Waals surface area (Å²) < 4.78 is 0. The molecule has 100 valence electrons. The molecule has 0 fully saturated rings. The second-order valence-electron chi connectivity index (χ2n) is 4.75. The first kappa shape index (κ1) is 13.3. The molecule has 0 spiro atoms. The molecule has 0 radical (unpaired) electrons. The Morgan fingerprint density at radius 1 is 1.42 bits per heavy atom. The summed E-state index contributed by atoms with van der Waals surface area (Å²) in [6, 6.07) is 9.50. The van der Waals surface area contributed by atoms with Crippen LogP contribution in [0.25, 0.3) is 0 Å². The summed E-state index contributed by atoms with van der Waals surface area (Å²) in [6.45, 7) is 5.22. The van der Waals surface area contributed by atoms with E-state index in [1.54, 1.807) is 20.8 Å². The molecular weight excluding hydrogens is 244 g/mol. The van der Waals surface area contributed by atoms with Crippen LogP contribution in [0.4, 0.5) is 0 Å². The molecule has 1 heterocycles. The molecule has 19 heavy (non-hydrogen) atoms. The molecule has 0 aromatic heterocycles. The first-order chi connectivity index (χ1) is 9.01. The fourth-order valence-electron chi connectivity index (χ4n) is 1.78. The van der Waals surface area contributed by atoms with Gasteiger partial charge < -0.3 is 9.68 Å². The van der Waals surface area contributed by atoms with E-state index in [1.165, 1.54) is 0 Å². The average Bonchev–Trinajstić information content (AvgIpc) is 2.77. The predicted octanol–water partition coefficient (Wildman–Crippen LogP) is 2.51. The second-order valence-corrected chi connectivity index (χ2v) is 4.75. The molecule has 0 saturated heterocycles. The van der Waals surface area contributed by atoms with E-state index in [4.69, 9.17) is 9.68 Å². The summed E-state index contributed by atoms with van der Waals surface area (Å²) in [5.74, 6) is -0.539. The molecule has 1 unspecified atom stereocenters. The van der Waals surface area contributed by atoms with Gasteiger partial charge in [-0.3, -0.25) is 0 Å². The fraction of sp³-hybridized carbons (Fsp3) is 0.357. The maximum Gasteiger partial charge on any atom is 0.381 e. The number of rotatable bonds is 3. The molecule has 1 aromatic rings. The Balaban J connectivity index is 2.01. The second kappa shape index (κ2) is 5.22. The highest BCUT2D eigenvalue weighted by molar-refractivity contribution is 5.99. The van der Waals surface area contributed by atoms with Gasteiger partial charge in [0.2, 0.25) is 5.60 Å². The lowest BCUT2D eigenvalue weighted by Crippen LogP contribution is -2.36. The Kier molecular flexibility index (Phi) is 3.64. The van der Waals surface area contributed by atoms with Crippen LogP contribution in [0.5, 0.6) is 0 Å². The SMILES string of the molecule is CC1=NOC(C)(C(=O)O/N=C(\C)c2ccccc2)C1. The zero-order valence-corrected chi connectivity index (χ0v) is 11.2. The van der Waals surface area contributed by atoms with Crippen molar-refractivity contribution in [2.75, 3.05) is 0 Å². The highest BCUT2D eigenvalue weighted by atomic mass is 16.7. The van der Waals surface area contributed by atoms with E-state index in [0.717, 1.165) is 11.3 Å². The topological polar surface area (TPSA) is 60.2 Å². The number of hydrogen-bond acceptors (Lipinski definition) is 5. The zero-order chi connectivity index (χ0) is 13.9. The molecule has 0 saturated carbocycles. The van der Waals surface area contributed by atoms with Crippen molar-refractivity contribution >= 4 is 17.4 Å². The molecule has 1 aliphatic rings. The summed E-state index contributed by atoms with van der Waals surface area (Å²) in [4.78, 5) is 22.0. The third-order valence-corrected chi connectivity index (χ3v) is 2.88. The van der Waals surface area contributed by atoms with Crippen LogP contribution in [0.15, 0.2) is 40.6 Å². The number of oxime groups is 2. The highest BCUT2D eigenvalue weighted by Gasteiger charge is 2.43. The van der Waals surface area contributed by atoms with Gasteiger partial charge in [-0.2, -0.15) is 0 Å². The molecule has 5 heteroatoms. The molecule has 0 bridgehead atoms. The Morgan fingerprint density at radius 2 is 2.11 bits per heavy atom. The van der Waals surface area contributed by atoms with Crippen molar-refractivity contribution in [1.82, 2.24) is 0 Å². The Labute approximate surface area is 111 Å². The Bertz CT molecular complexity index is 537. The number of hydrogen-bond donors (Lipinski definition) is 0. The van der Waals surface area contributed by atoms with E-state index in [-0.39, 0.29) is 0 Å². The summed E-state index contributed by atoms with van der Waals surface area (Å²) in [5.41, 5.74) is 1.24. The molecular formula is C14H16N2O3. The van der Waals surface area contributed by atoms with Gasteiger partial charge in [-0.05, 0) is 26.3 Å². The van der Waals surface area contributed by atoms with Gasteiger partial charge in [0.25, 0.3) is 0 Å². The lowest BCUT2D eigenvalue weighted by molar-refractivity contribution is -0.167. The van der Waals surface area contributed by atoms with Crippen LogP contribution in [0.1, 0.15) is 32.8 Å². The third-order valence-electron chi connectivity index (χ3n) is 2.88. The van der Waals surface area contributed by atoms with Gasteiger partial charge in [0.05, 0.1) is 11.4 Å². The van der Waals surface area contributed by atoms with Gasteiger partial charge >= 0.3 is 5.97 Å². The van der Waals surface area contributed by atoms with Crippen molar-refractivity contribution in [1.29, 1.82) is 0 Å². The van der Waals surface area contributed by atoms with Gasteiger partial charge in [-0.25, -0.2) is 4.79 Å². The number of carbonyl (C=O) groups excluding carboxylic acids is 1. The molecule has 1 aliphatic heterocycles. The standard InChI is InChI=1S/C14H16N2O3/c1-10-9-14(3,19-15-10)13(17)18-16-11(2)12-7-5-4-6-8-12/h4-8H,9H2,1-3H3/b16-11+. The molecule has 5 nitrogen and oxygen atoms in total. The van der Waals surface area contributed by atoms with E-state index in [1.807, 2.05) is 30.3 Å². The Hall–Kier alpha value is -2.17.